The van der Waals surface area contributed by atoms with Crippen LogP contribution in [0.25, 0.3) is 0 Å². The number of nitrogens with one attached hydrogen (secondary N) is 1. The molecule has 1 saturated carbocycles. The number of nitrogens with zero attached hydrogens (tertiary/aromatic N) is 1. The Morgan fingerprint density at radius 2 is 1.64 bits per heavy atom. The first-order valence-corrected chi connectivity index (χ1v) is 12.5. The third-order valence-electron chi connectivity index (χ3n) is 6.73. The van der Waals surface area contributed by atoms with Crippen LogP contribution in [0.4, 0.5) is 4.39 Å². The second kappa shape index (κ2) is 12.3. The number of hydrogen-bond acceptors (Lipinski definition) is 3. The van der Waals surface area contributed by atoms with Gasteiger partial charge in [0, 0.05) is 19.0 Å². The van der Waals surface area contributed by atoms with Gasteiger partial charge in [0.25, 0.3) is 0 Å². The van der Waals surface area contributed by atoms with Crippen LogP contribution < -0.4 is 10.1 Å². The number of ether oxygens (including phenoxy) is 1. The molecule has 0 radical (unpaired) electrons. The van der Waals surface area contributed by atoms with Crippen molar-refractivity contribution in [3.63, 3.8) is 0 Å². The van der Waals surface area contributed by atoms with E-state index in [9.17, 15) is 14.0 Å². The van der Waals surface area contributed by atoms with Crippen molar-refractivity contribution in [3.8, 4) is 5.75 Å². The fourth-order valence-electron chi connectivity index (χ4n) is 4.77. The van der Waals surface area contributed by atoms with Crippen LogP contribution in [0.5, 0.6) is 5.75 Å². The Hall–Kier alpha value is -3.67. The molecule has 0 unspecified atom stereocenters. The van der Waals surface area contributed by atoms with Gasteiger partial charge in [-0.15, -0.1) is 0 Å². The number of carbonyl (C=O) groups is 2. The monoisotopic (exact) mass is 488 g/mol. The quantitative estimate of drug-likeness (QED) is 0.433. The molecule has 3 aromatic rings. The normalized spacial score (nSPS) is 14.3. The van der Waals surface area contributed by atoms with Crippen molar-refractivity contribution in [3.05, 3.63) is 101 Å². The highest BCUT2D eigenvalue weighted by atomic mass is 19.1. The largest absolute Gasteiger partial charge is 0.497 e. The molecule has 0 aromatic heterocycles. The Bertz CT molecular complexity index is 1140. The van der Waals surface area contributed by atoms with Gasteiger partial charge in [-0.2, -0.15) is 0 Å². The summed E-state index contributed by atoms with van der Waals surface area (Å²) in [5.41, 5.74) is 2.55. The second-order valence-electron chi connectivity index (χ2n) is 9.37. The Morgan fingerprint density at radius 3 is 2.33 bits per heavy atom. The van der Waals surface area contributed by atoms with Crippen LogP contribution in [0.1, 0.15) is 42.4 Å². The molecule has 0 saturated heterocycles. The van der Waals surface area contributed by atoms with Crippen molar-refractivity contribution in [2.45, 2.75) is 57.2 Å². The molecule has 0 spiro atoms. The molecule has 2 amide bonds. The lowest BCUT2D eigenvalue weighted by Crippen LogP contribution is -2.52. The maximum atomic E-state index is 13.8. The fourth-order valence-corrected chi connectivity index (χ4v) is 4.77. The summed E-state index contributed by atoms with van der Waals surface area (Å²) >= 11 is 0. The maximum Gasteiger partial charge on any atom is 0.243 e. The topological polar surface area (TPSA) is 58.6 Å². The summed E-state index contributed by atoms with van der Waals surface area (Å²) in [7, 11) is 1.60. The van der Waals surface area contributed by atoms with E-state index in [0.29, 0.717) is 17.7 Å². The SMILES string of the molecule is COc1cccc(CN(C(=O)Cc2ccc(F)cc2)[C@@H](Cc2ccccc2)C(=O)NC2CCCC2)c1. The molecule has 1 fully saturated rings. The van der Waals surface area contributed by atoms with Gasteiger partial charge in [0.2, 0.25) is 11.8 Å². The molecule has 5 nitrogen and oxygen atoms in total. The predicted octanol–water partition coefficient (Wildman–Crippen LogP) is 5.08. The highest BCUT2D eigenvalue weighted by molar-refractivity contribution is 5.89. The van der Waals surface area contributed by atoms with Crippen LogP contribution in [0, 0.1) is 5.82 Å². The molecule has 1 N–H and O–H groups in total. The zero-order valence-corrected chi connectivity index (χ0v) is 20.7. The summed E-state index contributed by atoms with van der Waals surface area (Å²) in [5.74, 6) is 0.0128. The zero-order valence-electron chi connectivity index (χ0n) is 20.7. The Labute approximate surface area is 212 Å². The van der Waals surface area contributed by atoms with Crippen molar-refractivity contribution in [1.29, 1.82) is 0 Å². The van der Waals surface area contributed by atoms with Gasteiger partial charge in [-0.25, -0.2) is 4.39 Å². The zero-order chi connectivity index (χ0) is 25.3. The number of amides is 2. The molecule has 36 heavy (non-hydrogen) atoms. The van der Waals surface area contributed by atoms with E-state index in [0.717, 1.165) is 36.8 Å². The van der Waals surface area contributed by atoms with Crippen molar-refractivity contribution < 1.29 is 18.7 Å². The van der Waals surface area contributed by atoms with E-state index < -0.39 is 6.04 Å². The molecule has 6 heteroatoms. The second-order valence-corrected chi connectivity index (χ2v) is 9.37. The van der Waals surface area contributed by atoms with Crippen molar-refractivity contribution in [2.75, 3.05) is 7.11 Å². The first-order valence-electron chi connectivity index (χ1n) is 12.5. The Morgan fingerprint density at radius 1 is 0.944 bits per heavy atom. The predicted molar refractivity (Wildman–Crippen MR) is 138 cm³/mol. The van der Waals surface area contributed by atoms with E-state index in [-0.39, 0.29) is 36.6 Å². The van der Waals surface area contributed by atoms with E-state index >= 15 is 0 Å². The van der Waals surface area contributed by atoms with Gasteiger partial charge < -0.3 is 15.0 Å². The number of rotatable bonds is 10. The molecule has 1 aliphatic carbocycles. The van der Waals surface area contributed by atoms with E-state index in [1.807, 2.05) is 54.6 Å². The highest BCUT2D eigenvalue weighted by Gasteiger charge is 2.32. The molecule has 1 aliphatic rings. The summed E-state index contributed by atoms with van der Waals surface area (Å²) in [5, 5.41) is 3.21. The van der Waals surface area contributed by atoms with Crippen LogP contribution in [0.15, 0.2) is 78.9 Å². The summed E-state index contributed by atoms with van der Waals surface area (Å²) in [4.78, 5) is 29.1. The molecular weight excluding hydrogens is 455 g/mol. The van der Waals surface area contributed by atoms with E-state index in [1.54, 1.807) is 24.1 Å². The van der Waals surface area contributed by atoms with Gasteiger partial charge in [-0.1, -0.05) is 67.4 Å². The summed E-state index contributed by atoms with van der Waals surface area (Å²) < 4.78 is 18.8. The van der Waals surface area contributed by atoms with Crippen molar-refractivity contribution >= 4 is 11.8 Å². The molecule has 188 valence electrons. The smallest absolute Gasteiger partial charge is 0.243 e. The van der Waals surface area contributed by atoms with E-state index in [2.05, 4.69) is 5.32 Å². The van der Waals surface area contributed by atoms with Gasteiger partial charge in [-0.05, 0) is 53.8 Å². The van der Waals surface area contributed by atoms with Crippen LogP contribution in [-0.4, -0.2) is 35.9 Å². The number of hydrogen-bond donors (Lipinski definition) is 1. The summed E-state index contributed by atoms with van der Waals surface area (Å²) in [6.07, 6.45) is 4.60. The van der Waals surface area contributed by atoms with Gasteiger partial charge in [0.15, 0.2) is 0 Å². The lowest BCUT2D eigenvalue weighted by Gasteiger charge is -2.32. The fraction of sp³-hybridized carbons (Fsp3) is 0.333. The first kappa shape index (κ1) is 25.4. The Balaban J connectivity index is 1.66. The molecule has 3 aromatic carbocycles. The molecule has 1 atom stereocenters. The van der Waals surface area contributed by atoms with E-state index in [1.165, 1.54) is 12.1 Å². The number of benzene rings is 3. The van der Waals surface area contributed by atoms with E-state index in [4.69, 9.17) is 4.74 Å². The van der Waals surface area contributed by atoms with Crippen molar-refractivity contribution in [2.24, 2.45) is 0 Å². The third kappa shape index (κ3) is 6.94. The average Bonchev–Trinajstić information content (AvgIpc) is 3.41. The van der Waals surface area contributed by atoms with Crippen LogP contribution in [0.3, 0.4) is 0 Å². The Kier molecular flexibility index (Phi) is 8.71. The van der Waals surface area contributed by atoms with Crippen LogP contribution >= 0.6 is 0 Å². The lowest BCUT2D eigenvalue weighted by molar-refractivity contribution is -0.141. The first-order chi connectivity index (χ1) is 17.5. The molecular formula is C30H33FN2O3. The average molecular weight is 489 g/mol. The minimum atomic E-state index is -0.688. The number of carbonyl (C=O) groups excluding carboxylic acids is 2. The van der Waals surface area contributed by atoms with Crippen LogP contribution in [-0.2, 0) is 29.0 Å². The molecule has 4 rings (SSSR count). The highest BCUT2D eigenvalue weighted by Crippen LogP contribution is 2.22. The molecule has 0 aliphatic heterocycles. The lowest BCUT2D eigenvalue weighted by atomic mass is 10.0. The van der Waals surface area contributed by atoms with Gasteiger partial charge in [-0.3, -0.25) is 9.59 Å². The summed E-state index contributed by atoms with van der Waals surface area (Å²) in [6, 6.07) is 22.7. The van der Waals surface area contributed by atoms with Gasteiger partial charge in [0.1, 0.15) is 17.6 Å². The van der Waals surface area contributed by atoms with Crippen LogP contribution in [0.2, 0.25) is 0 Å². The summed E-state index contributed by atoms with van der Waals surface area (Å²) in [6.45, 7) is 0.257. The minimum Gasteiger partial charge on any atom is -0.497 e. The number of methoxy groups -OCH3 is 1. The standard InChI is InChI=1S/C30H33FN2O3/c1-36-27-13-7-10-24(18-27)21-33(29(34)20-23-14-16-25(31)17-15-23)28(19-22-8-3-2-4-9-22)30(35)32-26-11-5-6-12-26/h2-4,7-10,13-18,26,28H,5-6,11-12,19-21H2,1H3,(H,32,35)/t28-/m0/s1. The van der Waals surface area contributed by atoms with Gasteiger partial charge in [0.05, 0.1) is 13.5 Å². The maximum absolute atomic E-state index is 13.8. The molecule has 0 bridgehead atoms. The minimum absolute atomic E-state index is 0.0756. The van der Waals surface area contributed by atoms with Gasteiger partial charge >= 0.3 is 0 Å². The third-order valence-corrected chi connectivity index (χ3v) is 6.73. The molecule has 0 heterocycles. The van der Waals surface area contributed by atoms with Crippen molar-refractivity contribution in [1.82, 2.24) is 10.2 Å². The number of halogens is 1.